The number of nitrogens with zero attached hydrogens (tertiary/aromatic N) is 2. The minimum absolute atomic E-state index is 0.0103. The Labute approximate surface area is 198 Å². The molecular formula is C20H15Cl5N2O3. The summed E-state index contributed by atoms with van der Waals surface area (Å²) in [7, 11) is 1.79. The van der Waals surface area contributed by atoms with Gasteiger partial charge in [0.05, 0.1) is 26.3 Å². The lowest BCUT2D eigenvalue weighted by molar-refractivity contribution is 0.104. The molecule has 2 aromatic heterocycles. The minimum Gasteiger partial charge on any atom is -0.482 e. The van der Waals surface area contributed by atoms with Crippen LogP contribution in [0.1, 0.15) is 33.3 Å². The largest absolute Gasteiger partial charge is 0.482 e. The van der Waals surface area contributed by atoms with Crippen LogP contribution in [0, 0.1) is 13.8 Å². The molecule has 0 spiro atoms. The maximum atomic E-state index is 12.5. The van der Waals surface area contributed by atoms with Gasteiger partial charge in [-0.2, -0.15) is 5.10 Å². The van der Waals surface area contributed by atoms with Crippen molar-refractivity contribution in [1.29, 1.82) is 0 Å². The Morgan fingerprint density at radius 3 is 2.23 bits per heavy atom. The molecule has 0 atom stereocenters. The van der Waals surface area contributed by atoms with Gasteiger partial charge in [0.1, 0.15) is 28.2 Å². The third-order valence-electron chi connectivity index (χ3n) is 4.37. The highest BCUT2D eigenvalue weighted by molar-refractivity contribution is 6.55. The minimum atomic E-state index is -0.156. The number of aryl methyl sites for hydroxylation is 2. The van der Waals surface area contributed by atoms with Crippen molar-refractivity contribution < 1.29 is 13.9 Å². The molecule has 5 nitrogen and oxygen atoms in total. The highest BCUT2D eigenvalue weighted by atomic mass is 35.5. The number of ketones is 1. The van der Waals surface area contributed by atoms with E-state index in [9.17, 15) is 4.79 Å². The van der Waals surface area contributed by atoms with Crippen molar-refractivity contribution in [2.75, 3.05) is 0 Å². The van der Waals surface area contributed by atoms with Crippen LogP contribution in [0.2, 0.25) is 25.1 Å². The summed E-state index contributed by atoms with van der Waals surface area (Å²) in [4.78, 5) is 12.5. The van der Waals surface area contributed by atoms with Gasteiger partial charge in [0, 0.05) is 12.7 Å². The molecule has 1 aromatic carbocycles. The van der Waals surface area contributed by atoms with E-state index < -0.39 is 0 Å². The topological polar surface area (TPSA) is 57.3 Å². The summed E-state index contributed by atoms with van der Waals surface area (Å²) in [6.45, 7) is 3.65. The molecule has 3 aromatic rings. The molecule has 30 heavy (non-hydrogen) atoms. The Balaban J connectivity index is 1.72. The molecule has 0 amide bonds. The molecule has 3 rings (SSSR count). The van der Waals surface area contributed by atoms with Crippen molar-refractivity contribution >= 4 is 69.9 Å². The van der Waals surface area contributed by atoms with Crippen molar-refractivity contribution in [3.63, 3.8) is 0 Å². The second-order valence-electron chi connectivity index (χ2n) is 6.36. The van der Waals surface area contributed by atoms with Gasteiger partial charge in [-0.3, -0.25) is 9.48 Å². The summed E-state index contributed by atoms with van der Waals surface area (Å²) < 4.78 is 13.0. The lowest BCUT2D eigenvalue weighted by Crippen LogP contribution is -1.99. The number of ether oxygens (including phenoxy) is 1. The molecule has 2 heterocycles. The Morgan fingerprint density at radius 1 is 1.07 bits per heavy atom. The van der Waals surface area contributed by atoms with Gasteiger partial charge in [-0.25, -0.2) is 0 Å². The number of hydrogen-bond donors (Lipinski definition) is 0. The van der Waals surface area contributed by atoms with Gasteiger partial charge in [-0.1, -0.05) is 58.0 Å². The summed E-state index contributed by atoms with van der Waals surface area (Å²) in [6.07, 6.45) is 3.01. The smallest absolute Gasteiger partial charge is 0.189 e. The normalized spacial score (nSPS) is 11.5. The van der Waals surface area contributed by atoms with Crippen LogP contribution in [0.4, 0.5) is 0 Å². The number of benzene rings is 1. The molecule has 0 radical (unpaired) electrons. The SMILES string of the molecule is Cc1nn(C)c(C)c1C(=O)/C=C/c1ccc(COc2c(Cl)c(Cl)c(Cl)c(Cl)c2Cl)o1. The lowest BCUT2D eigenvalue weighted by Gasteiger charge is -2.12. The first-order chi connectivity index (χ1) is 14.1. The standard InChI is InChI=1S/C20H15Cl5N2O3/c1-9-14(10(2)27(3)26-9)13(28)7-6-11-4-5-12(30-11)8-29-20-18(24)16(22)15(21)17(23)19(20)25/h4-7H,8H2,1-3H3/b7-6+. The van der Waals surface area contributed by atoms with E-state index in [1.165, 1.54) is 6.08 Å². The summed E-state index contributed by atoms with van der Waals surface area (Å²) in [5, 5.41) is 4.50. The molecule has 0 saturated heterocycles. The maximum absolute atomic E-state index is 12.5. The lowest BCUT2D eigenvalue weighted by atomic mass is 10.1. The number of furan rings is 1. The Morgan fingerprint density at radius 2 is 1.67 bits per heavy atom. The number of carbonyl (C=O) groups excluding carboxylic acids is 1. The van der Waals surface area contributed by atoms with Crippen molar-refractivity contribution in [1.82, 2.24) is 9.78 Å². The fraction of sp³-hybridized carbons (Fsp3) is 0.200. The van der Waals surface area contributed by atoms with E-state index in [1.807, 2.05) is 6.92 Å². The number of hydrogen-bond acceptors (Lipinski definition) is 4. The van der Waals surface area contributed by atoms with Gasteiger partial charge in [0.25, 0.3) is 0 Å². The molecule has 0 unspecified atom stereocenters. The summed E-state index contributed by atoms with van der Waals surface area (Å²) in [6, 6.07) is 3.40. The molecule has 0 aliphatic rings. The molecule has 0 bridgehead atoms. The van der Waals surface area contributed by atoms with Crippen LogP contribution in [-0.2, 0) is 13.7 Å². The van der Waals surface area contributed by atoms with Crippen LogP contribution < -0.4 is 4.74 Å². The number of halogens is 5. The van der Waals surface area contributed by atoms with E-state index in [0.29, 0.717) is 22.8 Å². The maximum Gasteiger partial charge on any atom is 0.189 e. The summed E-state index contributed by atoms with van der Waals surface area (Å²) in [5.41, 5.74) is 2.04. The number of allylic oxidation sites excluding steroid dienone is 1. The van der Waals surface area contributed by atoms with Crippen molar-refractivity contribution in [2.45, 2.75) is 20.5 Å². The van der Waals surface area contributed by atoms with E-state index >= 15 is 0 Å². The van der Waals surface area contributed by atoms with Gasteiger partial charge in [-0.05, 0) is 38.1 Å². The van der Waals surface area contributed by atoms with Crippen LogP contribution in [0.25, 0.3) is 6.08 Å². The third kappa shape index (κ3) is 4.51. The fourth-order valence-electron chi connectivity index (χ4n) is 2.79. The third-order valence-corrected chi connectivity index (χ3v) is 6.61. The predicted molar refractivity (Wildman–Crippen MR) is 121 cm³/mol. The monoisotopic (exact) mass is 506 g/mol. The molecule has 158 valence electrons. The number of carbonyl (C=O) groups is 1. The zero-order valence-electron chi connectivity index (χ0n) is 16.0. The van der Waals surface area contributed by atoms with Crippen molar-refractivity contribution in [3.8, 4) is 5.75 Å². The first kappa shape index (κ1) is 23.0. The molecule has 0 N–H and O–H groups in total. The van der Waals surface area contributed by atoms with E-state index in [0.717, 1.165) is 5.69 Å². The predicted octanol–water partition coefficient (Wildman–Crippen LogP) is 7.37. The van der Waals surface area contributed by atoms with Crippen LogP contribution in [-0.4, -0.2) is 15.6 Å². The highest BCUT2D eigenvalue weighted by Gasteiger charge is 2.21. The average molecular weight is 509 g/mol. The number of aromatic nitrogens is 2. The number of rotatable bonds is 6. The fourth-order valence-corrected chi connectivity index (χ4v) is 4.02. The van der Waals surface area contributed by atoms with Gasteiger partial charge in [0.15, 0.2) is 11.5 Å². The zero-order chi connectivity index (χ0) is 22.2. The summed E-state index contributed by atoms with van der Waals surface area (Å²) in [5.74, 6) is 0.899. The molecular weight excluding hydrogens is 493 g/mol. The van der Waals surface area contributed by atoms with E-state index in [2.05, 4.69) is 5.10 Å². The molecule has 0 saturated carbocycles. The second kappa shape index (κ2) is 9.25. The zero-order valence-corrected chi connectivity index (χ0v) is 19.8. The van der Waals surface area contributed by atoms with Gasteiger partial charge in [-0.15, -0.1) is 0 Å². The van der Waals surface area contributed by atoms with Crippen LogP contribution >= 0.6 is 58.0 Å². The summed E-state index contributed by atoms with van der Waals surface area (Å²) >= 11 is 30.3. The van der Waals surface area contributed by atoms with Crippen LogP contribution in [0.5, 0.6) is 5.75 Å². The van der Waals surface area contributed by atoms with Crippen molar-refractivity contribution in [2.24, 2.45) is 7.05 Å². The van der Waals surface area contributed by atoms with Gasteiger partial charge >= 0.3 is 0 Å². The molecule has 0 aliphatic carbocycles. The van der Waals surface area contributed by atoms with Gasteiger partial charge < -0.3 is 9.15 Å². The second-order valence-corrected chi connectivity index (χ2v) is 8.25. The van der Waals surface area contributed by atoms with E-state index in [4.69, 9.17) is 67.2 Å². The average Bonchev–Trinajstić information content (AvgIpc) is 3.26. The van der Waals surface area contributed by atoms with Gasteiger partial charge in [0.2, 0.25) is 0 Å². The molecule has 10 heteroatoms. The van der Waals surface area contributed by atoms with E-state index in [1.54, 1.807) is 36.9 Å². The highest BCUT2D eigenvalue weighted by Crippen LogP contribution is 2.48. The Bertz CT molecular complexity index is 1130. The molecule has 0 aliphatic heterocycles. The first-order valence-electron chi connectivity index (χ1n) is 8.57. The van der Waals surface area contributed by atoms with Crippen LogP contribution in [0.3, 0.4) is 0 Å². The van der Waals surface area contributed by atoms with E-state index in [-0.39, 0.29) is 43.3 Å². The molecule has 0 fully saturated rings. The van der Waals surface area contributed by atoms with Crippen LogP contribution in [0.15, 0.2) is 22.6 Å². The van der Waals surface area contributed by atoms with Crippen molar-refractivity contribution in [3.05, 3.63) is 71.8 Å². The quantitative estimate of drug-likeness (QED) is 0.151. The first-order valence-corrected chi connectivity index (χ1v) is 10.5. The Kier molecular flexibility index (Phi) is 7.10. The Hall–Kier alpha value is -1.63.